The monoisotopic (exact) mass is 590 g/mol. The quantitative estimate of drug-likeness (QED) is 0.314. The fourth-order valence-electron chi connectivity index (χ4n) is 12.7. The molecule has 1 aliphatic heterocycles. The summed E-state index contributed by atoms with van der Waals surface area (Å²) in [6, 6.07) is 0. The molecule has 0 aromatic carbocycles. The Hall–Kier alpha value is -0.730. The number of esters is 1. The van der Waals surface area contributed by atoms with Crippen LogP contribution in [-0.2, 0) is 14.3 Å². The van der Waals surface area contributed by atoms with Gasteiger partial charge in [-0.1, -0.05) is 41.5 Å². The van der Waals surface area contributed by atoms with Crippen LogP contribution in [0.1, 0.15) is 120 Å². The first-order valence-electron chi connectivity index (χ1n) is 17.0. The molecule has 42 heavy (non-hydrogen) atoms. The molecule has 7 heteroatoms. The summed E-state index contributed by atoms with van der Waals surface area (Å²) in [6.45, 7) is 16.7. The molecular weight excluding hydrogens is 532 g/mol. The molecule has 1 heterocycles. The third-order valence-electron chi connectivity index (χ3n) is 14.7. The molecule has 240 valence electrons. The van der Waals surface area contributed by atoms with Crippen molar-refractivity contribution >= 4 is 5.97 Å². The van der Waals surface area contributed by atoms with Crippen LogP contribution in [0.25, 0.3) is 0 Å². The standard InChI is InChI=1S/C35H58O7/c1-19(2)15-27(37)42-26-11-12-32(7)23-10-13-34-18-35(34,33(23,8)25(36)17-24(32)30(26,3)4)14-9-21(34)20-16-22(41-29(20)39)28(38)31(5,6)40/h19-26,28-29,36,38-40H,9-18H2,1-8H3/t20-,21-,22+,23+,24-,25+,26+,28-,29?,32+,33-,34+,35+/m0/s1. The van der Waals surface area contributed by atoms with Crippen LogP contribution in [0.2, 0.25) is 0 Å². The van der Waals surface area contributed by atoms with Crippen molar-refractivity contribution in [3.8, 4) is 0 Å². The molecule has 6 fully saturated rings. The van der Waals surface area contributed by atoms with Crippen molar-refractivity contribution in [3.63, 3.8) is 0 Å². The van der Waals surface area contributed by atoms with Crippen molar-refractivity contribution in [2.45, 2.75) is 156 Å². The zero-order valence-corrected chi connectivity index (χ0v) is 27.4. The molecule has 0 aromatic rings. The van der Waals surface area contributed by atoms with Gasteiger partial charge in [-0.25, -0.2) is 0 Å². The van der Waals surface area contributed by atoms with Gasteiger partial charge in [-0.2, -0.15) is 0 Å². The molecule has 5 saturated carbocycles. The van der Waals surface area contributed by atoms with Crippen molar-refractivity contribution < 1.29 is 34.7 Å². The van der Waals surface area contributed by atoms with Gasteiger partial charge in [0.1, 0.15) is 12.2 Å². The largest absolute Gasteiger partial charge is 0.462 e. The van der Waals surface area contributed by atoms with Crippen molar-refractivity contribution in [3.05, 3.63) is 0 Å². The highest BCUT2D eigenvalue weighted by molar-refractivity contribution is 5.69. The molecule has 5 aliphatic carbocycles. The lowest BCUT2D eigenvalue weighted by atomic mass is 9.37. The minimum atomic E-state index is -1.29. The van der Waals surface area contributed by atoms with Crippen LogP contribution in [0.4, 0.5) is 0 Å². The van der Waals surface area contributed by atoms with E-state index in [9.17, 15) is 25.2 Å². The number of rotatable bonds is 6. The first kappa shape index (κ1) is 31.3. The molecule has 0 amide bonds. The Kier molecular flexibility index (Phi) is 7.17. The highest BCUT2D eigenvalue weighted by atomic mass is 16.6. The number of carbonyl (C=O) groups is 1. The fourth-order valence-corrected chi connectivity index (χ4v) is 12.7. The van der Waals surface area contributed by atoms with Crippen LogP contribution in [0.5, 0.6) is 0 Å². The van der Waals surface area contributed by atoms with E-state index in [-0.39, 0.29) is 56.9 Å². The fraction of sp³-hybridized carbons (Fsp3) is 0.971. The highest BCUT2D eigenvalue weighted by Crippen LogP contribution is 2.91. The topological polar surface area (TPSA) is 116 Å². The lowest BCUT2D eigenvalue weighted by molar-refractivity contribution is -0.246. The third kappa shape index (κ3) is 4.04. The SMILES string of the molecule is CC(C)CC(=O)O[C@@H]1CC[C@]2(C)[C@H]3CC[C@]45C[C@]4(CC[C@H]5[C@@H]4C[C@H]([C@H](O)C(C)(C)O)OC4O)[C@]3(C)[C@H](O)C[C@H]2C1(C)C. The average Bonchev–Trinajstić information content (AvgIpc) is 3.24. The van der Waals surface area contributed by atoms with Crippen molar-refractivity contribution in [1.82, 2.24) is 0 Å². The van der Waals surface area contributed by atoms with Gasteiger partial charge in [0.05, 0.1) is 17.8 Å². The van der Waals surface area contributed by atoms with Crippen LogP contribution in [-0.4, -0.2) is 62.7 Å². The molecule has 1 unspecified atom stereocenters. The summed E-state index contributed by atoms with van der Waals surface area (Å²) in [5.41, 5.74) is -1.46. The molecule has 13 atom stereocenters. The maximum atomic E-state index is 12.7. The zero-order valence-electron chi connectivity index (χ0n) is 27.4. The molecular formula is C35H58O7. The molecule has 0 aromatic heterocycles. The highest BCUT2D eigenvalue weighted by Gasteiger charge is 2.85. The first-order chi connectivity index (χ1) is 19.3. The second-order valence-electron chi connectivity index (χ2n) is 17.7. The van der Waals surface area contributed by atoms with Gasteiger partial charge in [-0.05, 0) is 112 Å². The molecule has 6 rings (SSSR count). The molecule has 0 radical (unpaired) electrons. The molecule has 1 saturated heterocycles. The Morgan fingerprint density at radius 3 is 2.33 bits per heavy atom. The Morgan fingerprint density at radius 2 is 1.69 bits per heavy atom. The van der Waals surface area contributed by atoms with E-state index in [1.165, 1.54) is 0 Å². The van der Waals surface area contributed by atoms with Gasteiger partial charge in [0.15, 0.2) is 6.29 Å². The smallest absolute Gasteiger partial charge is 0.306 e. The molecule has 0 spiro atoms. The number of carbonyl (C=O) groups excluding carboxylic acids is 1. The molecule has 6 aliphatic rings. The second kappa shape index (κ2) is 9.64. The summed E-state index contributed by atoms with van der Waals surface area (Å²) in [5, 5.41) is 44.5. The Bertz CT molecular complexity index is 1080. The van der Waals surface area contributed by atoms with E-state index >= 15 is 0 Å². The molecule has 7 nitrogen and oxygen atoms in total. The number of ether oxygens (including phenoxy) is 2. The van der Waals surface area contributed by atoms with Gasteiger partial charge in [-0.15, -0.1) is 0 Å². The Morgan fingerprint density at radius 1 is 1.00 bits per heavy atom. The number of aliphatic hydroxyl groups is 4. The van der Waals surface area contributed by atoms with E-state index < -0.39 is 30.2 Å². The predicted molar refractivity (Wildman–Crippen MR) is 159 cm³/mol. The first-order valence-corrected chi connectivity index (χ1v) is 17.0. The van der Waals surface area contributed by atoms with Crippen LogP contribution in [0.15, 0.2) is 0 Å². The number of aliphatic hydroxyl groups excluding tert-OH is 3. The summed E-state index contributed by atoms with van der Waals surface area (Å²) in [6.07, 6.45) is 5.95. The summed E-state index contributed by atoms with van der Waals surface area (Å²) < 4.78 is 12.0. The number of fused-ring (bicyclic) bond motifs is 3. The minimum Gasteiger partial charge on any atom is -0.462 e. The van der Waals surface area contributed by atoms with Gasteiger partial charge in [-0.3, -0.25) is 4.79 Å². The maximum Gasteiger partial charge on any atom is 0.306 e. The summed E-state index contributed by atoms with van der Waals surface area (Å²) >= 11 is 0. The van der Waals surface area contributed by atoms with E-state index in [1.807, 2.05) is 0 Å². The van der Waals surface area contributed by atoms with E-state index in [0.717, 1.165) is 51.4 Å². The van der Waals surface area contributed by atoms with Gasteiger partial charge < -0.3 is 29.9 Å². The third-order valence-corrected chi connectivity index (χ3v) is 14.7. The predicted octanol–water partition coefficient (Wildman–Crippen LogP) is 5.21. The van der Waals surface area contributed by atoms with Gasteiger partial charge in [0, 0.05) is 23.2 Å². The van der Waals surface area contributed by atoms with Crippen molar-refractivity contribution in [1.29, 1.82) is 0 Å². The van der Waals surface area contributed by atoms with Gasteiger partial charge in [0.25, 0.3) is 0 Å². The van der Waals surface area contributed by atoms with Gasteiger partial charge >= 0.3 is 5.97 Å². The molecule has 4 N–H and O–H groups in total. The van der Waals surface area contributed by atoms with E-state index in [4.69, 9.17) is 9.47 Å². The molecule has 0 bridgehead atoms. The zero-order chi connectivity index (χ0) is 30.8. The minimum absolute atomic E-state index is 0.0597. The normalized spacial score (nSPS) is 51.7. The van der Waals surface area contributed by atoms with Crippen molar-refractivity contribution in [2.24, 2.45) is 56.7 Å². The van der Waals surface area contributed by atoms with Crippen LogP contribution >= 0.6 is 0 Å². The van der Waals surface area contributed by atoms with Crippen LogP contribution in [0, 0.1) is 56.7 Å². The number of hydrogen-bond donors (Lipinski definition) is 4. The van der Waals surface area contributed by atoms with Gasteiger partial charge in [0.2, 0.25) is 0 Å². The lowest BCUT2D eigenvalue weighted by Gasteiger charge is -2.68. The van der Waals surface area contributed by atoms with E-state index in [0.29, 0.717) is 24.7 Å². The lowest BCUT2D eigenvalue weighted by Crippen LogP contribution is -2.66. The Labute approximate surface area is 253 Å². The summed E-state index contributed by atoms with van der Waals surface area (Å²) in [7, 11) is 0. The summed E-state index contributed by atoms with van der Waals surface area (Å²) in [4.78, 5) is 12.7. The number of hydrogen-bond acceptors (Lipinski definition) is 7. The van der Waals surface area contributed by atoms with E-state index in [2.05, 4.69) is 41.5 Å². The van der Waals surface area contributed by atoms with Crippen molar-refractivity contribution in [2.75, 3.05) is 0 Å². The second-order valence-corrected chi connectivity index (χ2v) is 17.7. The van der Waals surface area contributed by atoms with Crippen LogP contribution < -0.4 is 0 Å². The maximum absolute atomic E-state index is 12.7. The summed E-state index contributed by atoms with van der Waals surface area (Å²) in [5.74, 6) is 1.09. The Balaban J connectivity index is 1.25. The van der Waals surface area contributed by atoms with E-state index in [1.54, 1.807) is 13.8 Å². The average molecular weight is 591 g/mol. The van der Waals surface area contributed by atoms with Crippen LogP contribution in [0.3, 0.4) is 0 Å².